The summed E-state index contributed by atoms with van der Waals surface area (Å²) in [5.41, 5.74) is 4.36. The number of halogens is 1. The van der Waals surface area contributed by atoms with Crippen LogP contribution in [0.15, 0.2) is 36.4 Å². The standard InChI is InChI=1S/C24H23FN2O4/c1-2-30-24(29)20-4-3-9-27(20)12-14-5-7-17-15(10-14)13-31-22(17)21-18-11-16(25)6-8-19(18)26-23(21)28/h5-8,10-11,20H,2-4,9,12-13H2,1H3,(H,26,28). The van der Waals surface area contributed by atoms with Crippen molar-refractivity contribution in [1.82, 2.24) is 4.90 Å². The van der Waals surface area contributed by atoms with Crippen LogP contribution in [0.2, 0.25) is 0 Å². The third-order valence-electron chi connectivity index (χ3n) is 6.05. The SMILES string of the molecule is CCOC(=O)C1CCCN1Cc1ccc2c(c1)COC2=C1C(=O)Nc2ccc(F)cc21. The summed E-state index contributed by atoms with van der Waals surface area (Å²) in [5.74, 6) is -0.366. The molecule has 31 heavy (non-hydrogen) atoms. The van der Waals surface area contributed by atoms with Crippen molar-refractivity contribution in [2.45, 2.75) is 39.0 Å². The lowest BCUT2D eigenvalue weighted by Crippen LogP contribution is -2.36. The molecule has 2 aromatic carbocycles. The predicted octanol–water partition coefficient (Wildman–Crippen LogP) is 3.70. The summed E-state index contributed by atoms with van der Waals surface area (Å²) in [6.45, 7) is 4.06. The molecule has 7 heteroatoms. The average Bonchev–Trinajstić information content (AvgIpc) is 3.44. The average molecular weight is 422 g/mol. The molecular weight excluding hydrogens is 399 g/mol. The molecule has 6 nitrogen and oxygen atoms in total. The van der Waals surface area contributed by atoms with E-state index in [0.717, 1.165) is 36.1 Å². The predicted molar refractivity (Wildman–Crippen MR) is 113 cm³/mol. The van der Waals surface area contributed by atoms with Gasteiger partial charge in [0.1, 0.15) is 24.2 Å². The maximum atomic E-state index is 13.8. The van der Waals surface area contributed by atoms with Crippen LogP contribution in [-0.2, 0) is 32.2 Å². The van der Waals surface area contributed by atoms with E-state index in [9.17, 15) is 14.0 Å². The van der Waals surface area contributed by atoms with Crippen molar-refractivity contribution >= 4 is 28.9 Å². The molecule has 0 radical (unpaired) electrons. The van der Waals surface area contributed by atoms with E-state index in [1.807, 2.05) is 19.1 Å². The van der Waals surface area contributed by atoms with Gasteiger partial charge in [0.15, 0.2) is 0 Å². The first-order valence-electron chi connectivity index (χ1n) is 10.6. The smallest absolute Gasteiger partial charge is 0.323 e. The highest BCUT2D eigenvalue weighted by Crippen LogP contribution is 2.42. The van der Waals surface area contributed by atoms with E-state index in [1.54, 1.807) is 6.07 Å². The molecule has 1 fully saturated rings. The number of esters is 1. The van der Waals surface area contributed by atoms with Crippen molar-refractivity contribution in [3.05, 3.63) is 64.5 Å². The van der Waals surface area contributed by atoms with Gasteiger partial charge >= 0.3 is 5.97 Å². The zero-order valence-electron chi connectivity index (χ0n) is 17.2. The lowest BCUT2D eigenvalue weighted by atomic mass is 9.99. The number of anilines is 1. The van der Waals surface area contributed by atoms with Gasteiger partial charge in [-0.2, -0.15) is 0 Å². The Labute approximate surface area is 179 Å². The Morgan fingerprint density at radius 1 is 1.26 bits per heavy atom. The molecule has 1 unspecified atom stereocenters. The number of carbonyl (C=O) groups is 2. The molecule has 0 bridgehead atoms. The summed E-state index contributed by atoms with van der Waals surface area (Å²) in [6.07, 6.45) is 1.78. The molecule has 1 amide bonds. The van der Waals surface area contributed by atoms with E-state index in [4.69, 9.17) is 9.47 Å². The molecule has 0 spiro atoms. The zero-order chi connectivity index (χ0) is 21.5. The van der Waals surface area contributed by atoms with E-state index in [-0.39, 0.29) is 17.9 Å². The summed E-state index contributed by atoms with van der Waals surface area (Å²) in [6, 6.07) is 10.0. The van der Waals surface area contributed by atoms with Crippen LogP contribution in [0, 0.1) is 5.82 Å². The van der Waals surface area contributed by atoms with Crippen molar-refractivity contribution in [3.8, 4) is 0 Å². The molecule has 2 aromatic rings. The topological polar surface area (TPSA) is 67.9 Å². The van der Waals surface area contributed by atoms with Crippen LogP contribution in [-0.4, -0.2) is 36.0 Å². The number of likely N-dealkylation sites (tertiary alicyclic amines) is 1. The number of ether oxygens (including phenoxy) is 2. The lowest BCUT2D eigenvalue weighted by Gasteiger charge is -2.23. The summed E-state index contributed by atoms with van der Waals surface area (Å²) >= 11 is 0. The summed E-state index contributed by atoms with van der Waals surface area (Å²) in [7, 11) is 0. The minimum Gasteiger partial charge on any atom is -0.487 e. The number of fused-ring (bicyclic) bond motifs is 2. The van der Waals surface area contributed by atoms with Crippen LogP contribution >= 0.6 is 0 Å². The Morgan fingerprint density at radius 2 is 2.13 bits per heavy atom. The number of nitrogens with one attached hydrogen (secondary N) is 1. The van der Waals surface area contributed by atoms with Gasteiger partial charge in [-0.05, 0) is 50.1 Å². The number of amides is 1. The maximum absolute atomic E-state index is 13.8. The van der Waals surface area contributed by atoms with Gasteiger partial charge in [-0.25, -0.2) is 4.39 Å². The zero-order valence-corrected chi connectivity index (χ0v) is 17.2. The molecule has 0 aliphatic carbocycles. The monoisotopic (exact) mass is 422 g/mol. The Bertz CT molecular complexity index is 1110. The van der Waals surface area contributed by atoms with Crippen molar-refractivity contribution in [1.29, 1.82) is 0 Å². The summed E-state index contributed by atoms with van der Waals surface area (Å²) in [5, 5.41) is 2.77. The van der Waals surface area contributed by atoms with E-state index < -0.39 is 5.82 Å². The van der Waals surface area contributed by atoms with Gasteiger partial charge in [-0.15, -0.1) is 0 Å². The quantitative estimate of drug-likeness (QED) is 0.601. The number of rotatable bonds is 4. The third-order valence-corrected chi connectivity index (χ3v) is 6.05. The molecule has 3 aliphatic rings. The van der Waals surface area contributed by atoms with Crippen LogP contribution in [0.3, 0.4) is 0 Å². The van der Waals surface area contributed by atoms with Crippen LogP contribution < -0.4 is 5.32 Å². The minimum absolute atomic E-state index is 0.158. The Hall–Kier alpha value is -3.19. The molecule has 0 aromatic heterocycles. The second kappa shape index (κ2) is 7.81. The van der Waals surface area contributed by atoms with Crippen LogP contribution in [0.5, 0.6) is 0 Å². The molecule has 3 aliphatic heterocycles. The van der Waals surface area contributed by atoms with Gasteiger partial charge in [-0.1, -0.05) is 18.2 Å². The first-order chi connectivity index (χ1) is 15.0. The number of nitrogens with zero attached hydrogens (tertiary/aromatic N) is 1. The number of benzene rings is 2. The van der Waals surface area contributed by atoms with Gasteiger partial charge in [0.25, 0.3) is 5.91 Å². The Morgan fingerprint density at radius 3 is 2.97 bits per heavy atom. The first-order valence-corrected chi connectivity index (χ1v) is 10.6. The Kier molecular flexibility index (Phi) is 4.98. The van der Waals surface area contributed by atoms with Gasteiger partial charge in [-0.3, -0.25) is 14.5 Å². The second-order valence-corrected chi connectivity index (χ2v) is 8.01. The number of carbonyl (C=O) groups excluding carboxylic acids is 2. The molecule has 3 heterocycles. The fourth-order valence-corrected chi connectivity index (χ4v) is 4.64. The molecular formula is C24H23FN2O4. The van der Waals surface area contributed by atoms with E-state index >= 15 is 0 Å². The summed E-state index contributed by atoms with van der Waals surface area (Å²) in [4.78, 5) is 26.9. The highest BCUT2D eigenvalue weighted by atomic mass is 19.1. The van der Waals surface area contributed by atoms with Crippen LogP contribution in [0.4, 0.5) is 10.1 Å². The molecule has 1 atom stereocenters. The van der Waals surface area contributed by atoms with E-state index in [0.29, 0.717) is 42.3 Å². The van der Waals surface area contributed by atoms with Gasteiger partial charge in [0, 0.05) is 28.9 Å². The van der Waals surface area contributed by atoms with Crippen molar-refractivity contribution in [2.75, 3.05) is 18.5 Å². The van der Waals surface area contributed by atoms with Crippen LogP contribution in [0.25, 0.3) is 11.3 Å². The fraction of sp³-hybridized carbons (Fsp3) is 0.333. The van der Waals surface area contributed by atoms with Crippen molar-refractivity contribution in [2.24, 2.45) is 0 Å². The van der Waals surface area contributed by atoms with Gasteiger partial charge in [0.05, 0.1) is 12.2 Å². The molecule has 160 valence electrons. The van der Waals surface area contributed by atoms with E-state index in [1.165, 1.54) is 12.1 Å². The Balaban J connectivity index is 1.43. The van der Waals surface area contributed by atoms with E-state index in [2.05, 4.69) is 16.3 Å². The minimum atomic E-state index is -0.399. The highest BCUT2D eigenvalue weighted by Gasteiger charge is 2.34. The number of hydrogen-bond donors (Lipinski definition) is 1. The third kappa shape index (κ3) is 3.49. The highest BCUT2D eigenvalue weighted by molar-refractivity contribution is 6.36. The first kappa shape index (κ1) is 19.8. The van der Waals surface area contributed by atoms with Crippen molar-refractivity contribution in [3.63, 3.8) is 0 Å². The van der Waals surface area contributed by atoms with Gasteiger partial charge < -0.3 is 14.8 Å². The van der Waals surface area contributed by atoms with Gasteiger partial charge in [0.2, 0.25) is 0 Å². The van der Waals surface area contributed by atoms with Crippen LogP contribution in [0.1, 0.15) is 42.0 Å². The largest absolute Gasteiger partial charge is 0.487 e. The molecule has 5 rings (SSSR count). The number of hydrogen-bond acceptors (Lipinski definition) is 5. The summed E-state index contributed by atoms with van der Waals surface area (Å²) < 4.78 is 24.9. The molecule has 1 saturated heterocycles. The van der Waals surface area contributed by atoms with Crippen molar-refractivity contribution < 1.29 is 23.5 Å². The fourth-order valence-electron chi connectivity index (χ4n) is 4.64. The normalized spacial score (nSPS) is 22.1. The molecule has 1 N–H and O–H groups in total. The maximum Gasteiger partial charge on any atom is 0.323 e. The molecule has 0 saturated carbocycles. The lowest BCUT2D eigenvalue weighted by molar-refractivity contribution is -0.148. The second-order valence-electron chi connectivity index (χ2n) is 8.01.